The molecule has 0 spiro atoms. The van der Waals surface area contributed by atoms with Crippen LogP contribution in [0.4, 0.5) is 0 Å². The Morgan fingerprint density at radius 3 is 2.65 bits per heavy atom. The maximum absolute atomic E-state index is 11.7. The predicted molar refractivity (Wildman–Crippen MR) is 62.9 cm³/mol. The highest BCUT2D eigenvalue weighted by Crippen LogP contribution is 2.06. The van der Waals surface area contributed by atoms with Crippen molar-refractivity contribution in [3.8, 4) is 0 Å². The molecule has 17 heavy (non-hydrogen) atoms. The molecule has 1 amide bonds. The van der Waals surface area contributed by atoms with E-state index >= 15 is 0 Å². The molecule has 3 N–H and O–H groups in total. The molecule has 0 radical (unpaired) electrons. The molecule has 1 rings (SSSR count). The molecule has 1 aromatic heterocycles. The molecule has 0 saturated carbocycles. The van der Waals surface area contributed by atoms with Gasteiger partial charge in [-0.15, -0.1) is 0 Å². The van der Waals surface area contributed by atoms with Gasteiger partial charge in [-0.05, 0) is 12.3 Å². The molecular formula is C10H16BN3O3. The quantitative estimate of drug-likeness (QED) is 0.607. The third-order valence-electron chi connectivity index (χ3n) is 2.20. The molecule has 0 bridgehead atoms. The first-order chi connectivity index (χ1) is 8.00. The number of nitrogens with one attached hydrogen (secondary N) is 1. The van der Waals surface area contributed by atoms with Crippen molar-refractivity contribution in [2.24, 2.45) is 5.92 Å². The minimum atomic E-state index is -1.59. The lowest BCUT2D eigenvalue weighted by Gasteiger charge is -2.19. The van der Waals surface area contributed by atoms with Crippen molar-refractivity contribution in [1.82, 2.24) is 15.3 Å². The number of carbonyl (C=O) groups is 1. The van der Waals surface area contributed by atoms with E-state index in [0.29, 0.717) is 6.42 Å². The maximum Gasteiger partial charge on any atom is 0.475 e. The minimum Gasteiger partial charge on any atom is -0.426 e. The fourth-order valence-electron chi connectivity index (χ4n) is 1.42. The molecule has 1 unspecified atom stereocenters. The highest BCUT2D eigenvalue weighted by molar-refractivity contribution is 6.43. The van der Waals surface area contributed by atoms with Gasteiger partial charge in [0.1, 0.15) is 5.69 Å². The van der Waals surface area contributed by atoms with Crippen molar-refractivity contribution in [3.63, 3.8) is 0 Å². The van der Waals surface area contributed by atoms with Crippen LogP contribution in [0.1, 0.15) is 30.8 Å². The van der Waals surface area contributed by atoms with E-state index < -0.39 is 19.0 Å². The molecule has 0 aliphatic rings. The molecule has 1 aromatic rings. The van der Waals surface area contributed by atoms with Crippen LogP contribution in [0.15, 0.2) is 18.6 Å². The third-order valence-corrected chi connectivity index (χ3v) is 2.20. The molecule has 0 saturated heterocycles. The van der Waals surface area contributed by atoms with Gasteiger partial charge in [-0.25, -0.2) is 4.98 Å². The van der Waals surface area contributed by atoms with Crippen molar-refractivity contribution >= 4 is 13.0 Å². The summed E-state index contributed by atoms with van der Waals surface area (Å²) in [5.41, 5.74) is 0.155. The zero-order valence-electron chi connectivity index (χ0n) is 9.87. The lowest BCUT2D eigenvalue weighted by Crippen LogP contribution is -2.47. The first-order valence-electron chi connectivity index (χ1n) is 5.43. The van der Waals surface area contributed by atoms with Crippen LogP contribution in [0.2, 0.25) is 0 Å². The second kappa shape index (κ2) is 6.31. The average molecular weight is 237 g/mol. The predicted octanol–water partition coefficient (Wildman–Crippen LogP) is -0.367. The molecule has 6 nitrogen and oxygen atoms in total. The first kappa shape index (κ1) is 13.6. The second-order valence-corrected chi connectivity index (χ2v) is 4.21. The summed E-state index contributed by atoms with van der Waals surface area (Å²) in [6, 6.07) is 0. The van der Waals surface area contributed by atoms with E-state index in [1.807, 2.05) is 13.8 Å². The van der Waals surface area contributed by atoms with Gasteiger partial charge in [0.25, 0.3) is 5.91 Å². The van der Waals surface area contributed by atoms with Crippen molar-refractivity contribution in [2.45, 2.75) is 26.2 Å². The Morgan fingerprint density at radius 1 is 1.47 bits per heavy atom. The normalized spacial score (nSPS) is 12.3. The van der Waals surface area contributed by atoms with Crippen LogP contribution in [0.3, 0.4) is 0 Å². The summed E-state index contributed by atoms with van der Waals surface area (Å²) in [5, 5.41) is 20.8. The first-order valence-corrected chi connectivity index (χ1v) is 5.43. The van der Waals surface area contributed by atoms with Gasteiger partial charge in [-0.1, -0.05) is 13.8 Å². The zero-order valence-corrected chi connectivity index (χ0v) is 9.87. The number of aromatic nitrogens is 2. The monoisotopic (exact) mass is 237 g/mol. The van der Waals surface area contributed by atoms with E-state index in [2.05, 4.69) is 15.3 Å². The van der Waals surface area contributed by atoms with Crippen molar-refractivity contribution in [3.05, 3.63) is 24.3 Å². The van der Waals surface area contributed by atoms with Crippen LogP contribution in [-0.4, -0.2) is 39.0 Å². The van der Waals surface area contributed by atoms with Crippen LogP contribution in [0, 0.1) is 5.92 Å². The molecule has 0 fully saturated rings. The number of nitrogens with zero attached hydrogens (tertiary/aromatic N) is 2. The van der Waals surface area contributed by atoms with E-state index in [9.17, 15) is 4.79 Å². The van der Waals surface area contributed by atoms with Gasteiger partial charge in [0, 0.05) is 12.4 Å². The number of carbonyl (C=O) groups excluding carboxylic acids is 1. The summed E-state index contributed by atoms with van der Waals surface area (Å²) in [6.45, 7) is 3.87. The lowest BCUT2D eigenvalue weighted by molar-refractivity contribution is 0.0933. The maximum atomic E-state index is 11.7. The van der Waals surface area contributed by atoms with Gasteiger partial charge in [0.05, 0.1) is 12.1 Å². The Balaban J connectivity index is 2.65. The number of hydrogen-bond donors (Lipinski definition) is 3. The Kier molecular flexibility index (Phi) is 5.05. The Hall–Kier alpha value is -1.47. The van der Waals surface area contributed by atoms with Gasteiger partial charge in [-0.3, -0.25) is 9.78 Å². The molecule has 7 heteroatoms. The number of hydrogen-bond acceptors (Lipinski definition) is 5. The highest BCUT2D eigenvalue weighted by atomic mass is 16.4. The summed E-state index contributed by atoms with van der Waals surface area (Å²) in [5.74, 6) is -0.926. The van der Waals surface area contributed by atoms with Crippen LogP contribution in [0.5, 0.6) is 0 Å². The molecule has 0 aliphatic carbocycles. The molecular weight excluding hydrogens is 221 g/mol. The summed E-state index contributed by atoms with van der Waals surface area (Å²) in [4.78, 5) is 19.3. The van der Waals surface area contributed by atoms with Crippen LogP contribution in [-0.2, 0) is 0 Å². The van der Waals surface area contributed by atoms with Crippen molar-refractivity contribution < 1.29 is 14.8 Å². The van der Waals surface area contributed by atoms with Gasteiger partial charge in [0.15, 0.2) is 0 Å². The summed E-state index contributed by atoms with van der Waals surface area (Å²) >= 11 is 0. The second-order valence-electron chi connectivity index (χ2n) is 4.21. The largest absolute Gasteiger partial charge is 0.475 e. The Morgan fingerprint density at radius 2 is 2.18 bits per heavy atom. The van der Waals surface area contributed by atoms with E-state index in [0.717, 1.165) is 0 Å². The van der Waals surface area contributed by atoms with E-state index in [4.69, 9.17) is 10.0 Å². The van der Waals surface area contributed by atoms with Crippen LogP contribution < -0.4 is 5.32 Å². The molecule has 1 heterocycles. The summed E-state index contributed by atoms with van der Waals surface area (Å²) < 4.78 is 0. The fraction of sp³-hybridized carbons (Fsp3) is 0.500. The average Bonchev–Trinajstić information content (AvgIpc) is 2.28. The molecule has 1 atom stereocenters. The topological polar surface area (TPSA) is 95.3 Å². The fourth-order valence-corrected chi connectivity index (χ4v) is 1.42. The van der Waals surface area contributed by atoms with Gasteiger partial charge in [-0.2, -0.15) is 0 Å². The smallest absolute Gasteiger partial charge is 0.426 e. The Labute approximate surface area is 100 Å². The molecule has 92 valence electrons. The van der Waals surface area contributed by atoms with E-state index in [-0.39, 0.29) is 11.6 Å². The van der Waals surface area contributed by atoms with Gasteiger partial charge in [0.2, 0.25) is 0 Å². The van der Waals surface area contributed by atoms with E-state index in [1.54, 1.807) is 0 Å². The van der Waals surface area contributed by atoms with Crippen LogP contribution in [0.25, 0.3) is 0 Å². The van der Waals surface area contributed by atoms with E-state index in [1.165, 1.54) is 18.6 Å². The number of amides is 1. The lowest BCUT2D eigenvalue weighted by atomic mass is 9.75. The highest BCUT2D eigenvalue weighted by Gasteiger charge is 2.26. The number of rotatable bonds is 5. The van der Waals surface area contributed by atoms with Crippen LogP contribution >= 0.6 is 0 Å². The third kappa shape index (κ3) is 4.50. The Bertz CT molecular complexity index is 359. The van der Waals surface area contributed by atoms with Crippen molar-refractivity contribution in [1.29, 1.82) is 0 Å². The molecule has 0 aliphatic heterocycles. The summed E-state index contributed by atoms with van der Waals surface area (Å²) in [6.07, 6.45) is 4.67. The molecule has 0 aromatic carbocycles. The van der Waals surface area contributed by atoms with Gasteiger partial charge >= 0.3 is 7.12 Å². The zero-order chi connectivity index (χ0) is 12.8. The van der Waals surface area contributed by atoms with Crippen molar-refractivity contribution in [2.75, 3.05) is 0 Å². The summed E-state index contributed by atoms with van der Waals surface area (Å²) in [7, 11) is -1.59. The minimum absolute atomic E-state index is 0.155. The SMILES string of the molecule is CC(C)CC(NC(=O)c1cnccn1)B(O)O. The van der Waals surface area contributed by atoms with Gasteiger partial charge < -0.3 is 15.4 Å². The standard InChI is InChI=1S/C10H16BN3O3/c1-7(2)5-9(11(16)17)14-10(15)8-6-12-3-4-13-8/h3-4,6-7,9,16-17H,5H2,1-2H3,(H,14,15).